The number of furan rings is 2. The molecule has 0 aliphatic heterocycles. The molecule has 0 spiro atoms. The third-order valence-corrected chi connectivity index (χ3v) is 3.68. The second-order valence-electron chi connectivity index (χ2n) is 5.48. The minimum Gasteiger partial charge on any atom is -0.468 e. The second-order valence-corrected chi connectivity index (χ2v) is 5.48. The maximum absolute atomic E-state index is 13.9. The maximum Gasteiger partial charge on any atom is 0.131 e. The Hall–Kier alpha value is -2.44. The Bertz CT molecular complexity index is 700. The summed E-state index contributed by atoms with van der Waals surface area (Å²) in [5.74, 6) is -0.164. The molecule has 0 aliphatic carbocycles. The Kier molecular flexibility index (Phi) is 5.08. The molecule has 24 heavy (non-hydrogen) atoms. The highest BCUT2D eigenvalue weighted by Crippen LogP contribution is 2.23. The minimum atomic E-state index is -1.31. The lowest BCUT2D eigenvalue weighted by Gasteiger charge is -2.24. The van der Waals surface area contributed by atoms with Crippen molar-refractivity contribution in [3.8, 4) is 0 Å². The Labute approximate surface area is 137 Å². The summed E-state index contributed by atoms with van der Waals surface area (Å²) in [6.45, 7) is 0.779. The number of halogens is 2. The summed E-state index contributed by atoms with van der Waals surface area (Å²) >= 11 is 0. The van der Waals surface area contributed by atoms with Gasteiger partial charge in [-0.3, -0.25) is 4.90 Å². The molecular weight excluding hydrogens is 316 g/mol. The highest BCUT2D eigenvalue weighted by molar-refractivity contribution is 5.22. The molecule has 1 atom stereocenters. The molecule has 2 heterocycles. The van der Waals surface area contributed by atoms with Crippen molar-refractivity contribution >= 4 is 0 Å². The van der Waals surface area contributed by atoms with Gasteiger partial charge in [-0.15, -0.1) is 0 Å². The van der Waals surface area contributed by atoms with Gasteiger partial charge in [-0.25, -0.2) is 8.78 Å². The first-order valence-corrected chi connectivity index (χ1v) is 7.52. The number of nitrogens with zero attached hydrogens (tertiary/aromatic N) is 1. The van der Waals surface area contributed by atoms with Gasteiger partial charge in [-0.05, 0) is 36.4 Å². The molecule has 1 unspecified atom stereocenters. The molecule has 1 aromatic carbocycles. The summed E-state index contributed by atoms with van der Waals surface area (Å²) in [6.07, 6.45) is 1.79. The van der Waals surface area contributed by atoms with Crippen molar-refractivity contribution in [3.05, 3.63) is 83.7 Å². The largest absolute Gasteiger partial charge is 0.468 e. The van der Waals surface area contributed by atoms with Crippen molar-refractivity contribution < 1.29 is 22.7 Å². The average molecular weight is 333 g/mol. The van der Waals surface area contributed by atoms with Gasteiger partial charge in [0.1, 0.15) is 23.2 Å². The van der Waals surface area contributed by atoms with Gasteiger partial charge in [0.05, 0.1) is 37.3 Å². The van der Waals surface area contributed by atoms with Gasteiger partial charge in [0.2, 0.25) is 0 Å². The lowest BCUT2D eigenvalue weighted by Crippen LogP contribution is -2.28. The highest BCUT2D eigenvalue weighted by Gasteiger charge is 2.22. The van der Waals surface area contributed by atoms with Crippen LogP contribution in [-0.4, -0.2) is 16.6 Å². The van der Waals surface area contributed by atoms with Gasteiger partial charge >= 0.3 is 0 Å². The Morgan fingerprint density at radius 1 is 0.875 bits per heavy atom. The molecule has 6 heteroatoms. The van der Waals surface area contributed by atoms with E-state index < -0.39 is 17.7 Å². The monoisotopic (exact) mass is 333 g/mol. The summed E-state index contributed by atoms with van der Waals surface area (Å²) < 4.78 is 38.3. The van der Waals surface area contributed by atoms with E-state index in [4.69, 9.17) is 8.83 Å². The van der Waals surface area contributed by atoms with Crippen LogP contribution < -0.4 is 0 Å². The molecule has 0 saturated carbocycles. The predicted molar refractivity (Wildman–Crippen MR) is 82.8 cm³/mol. The summed E-state index contributed by atoms with van der Waals surface area (Å²) in [6, 6.07) is 10.6. The second kappa shape index (κ2) is 7.42. The highest BCUT2D eigenvalue weighted by atomic mass is 19.1. The van der Waals surface area contributed by atoms with Crippen LogP contribution >= 0.6 is 0 Å². The summed E-state index contributed by atoms with van der Waals surface area (Å²) in [5.41, 5.74) is -0.332. The smallest absolute Gasteiger partial charge is 0.131 e. The van der Waals surface area contributed by atoms with Gasteiger partial charge in [0, 0.05) is 6.54 Å². The summed E-state index contributed by atoms with van der Waals surface area (Å²) in [7, 11) is 0. The van der Waals surface area contributed by atoms with Crippen LogP contribution in [0.15, 0.2) is 63.8 Å². The summed E-state index contributed by atoms with van der Waals surface area (Å²) in [4.78, 5) is 1.80. The molecule has 3 rings (SSSR count). The zero-order chi connectivity index (χ0) is 16.9. The topological polar surface area (TPSA) is 49.8 Å². The average Bonchev–Trinajstić information content (AvgIpc) is 3.21. The molecular formula is C18H17F2NO3. The fraction of sp³-hybridized carbons (Fsp3) is 0.222. The molecule has 4 nitrogen and oxygen atoms in total. The molecule has 1 N–H and O–H groups in total. The Morgan fingerprint density at radius 3 is 1.88 bits per heavy atom. The first kappa shape index (κ1) is 16.4. The van der Waals surface area contributed by atoms with E-state index in [1.54, 1.807) is 41.7 Å². The number of aliphatic hydroxyl groups excluding tert-OH is 1. The van der Waals surface area contributed by atoms with Crippen LogP contribution in [0.3, 0.4) is 0 Å². The predicted octanol–water partition coefficient (Wildman–Crippen LogP) is 3.89. The van der Waals surface area contributed by atoms with Crippen LogP contribution in [0, 0.1) is 11.6 Å². The van der Waals surface area contributed by atoms with Crippen molar-refractivity contribution in [1.29, 1.82) is 0 Å². The molecule has 0 radical (unpaired) electrons. The third kappa shape index (κ3) is 3.90. The fourth-order valence-corrected chi connectivity index (χ4v) is 2.60. The number of hydrogen-bond acceptors (Lipinski definition) is 4. The Balaban J connectivity index is 1.77. The lowest BCUT2D eigenvalue weighted by molar-refractivity contribution is 0.0908. The minimum absolute atomic E-state index is 0.0270. The van der Waals surface area contributed by atoms with Gasteiger partial charge in [0.25, 0.3) is 0 Å². The van der Waals surface area contributed by atoms with Crippen LogP contribution in [0.5, 0.6) is 0 Å². The van der Waals surface area contributed by atoms with Crippen molar-refractivity contribution in [2.45, 2.75) is 19.2 Å². The van der Waals surface area contributed by atoms with E-state index in [9.17, 15) is 13.9 Å². The van der Waals surface area contributed by atoms with Crippen LogP contribution in [0.1, 0.15) is 23.2 Å². The molecule has 0 fully saturated rings. The zero-order valence-corrected chi connectivity index (χ0v) is 12.9. The fourth-order valence-electron chi connectivity index (χ4n) is 2.60. The van der Waals surface area contributed by atoms with Gasteiger partial charge in [0.15, 0.2) is 0 Å². The van der Waals surface area contributed by atoms with Gasteiger partial charge in [-0.2, -0.15) is 0 Å². The molecule has 0 bridgehead atoms. The molecule has 0 aliphatic rings. The number of rotatable bonds is 7. The van der Waals surface area contributed by atoms with Gasteiger partial charge < -0.3 is 13.9 Å². The number of hydrogen-bond donors (Lipinski definition) is 1. The molecule has 0 amide bonds. The van der Waals surface area contributed by atoms with Crippen molar-refractivity contribution in [1.82, 2.24) is 4.90 Å². The molecule has 126 valence electrons. The number of benzene rings is 1. The van der Waals surface area contributed by atoms with Crippen LogP contribution in [0.2, 0.25) is 0 Å². The number of aliphatic hydroxyl groups is 1. The normalized spacial score (nSPS) is 12.7. The van der Waals surface area contributed by atoms with Crippen LogP contribution in [0.25, 0.3) is 0 Å². The lowest BCUT2D eigenvalue weighted by atomic mass is 10.1. The Morgan fingerprint density at radius 2 is 1.42 bits per heavy atom. The van der Waals surface area contributed by atoms with E-state index in [1.165, 1.54) is 6.07 Å². The van der Waals surface area contributed by atoms with Gasteiger partial charge in [-0.1, -0.05) is 6.07 Å². The molecule has 3 aromatic rings. The van der Waals surface area contributed by atoms with E-state index in [0.29, 0.717) is 24.6 Å². The summed E-state index contributed by atoms with van der Waals surface area (Å²) in [5, 5.41) is 10.3. The van der Waals surface area contributed by atoms with E-state index in [0.717, 1.165) is 12.1 Å². The van der Waals surface area contributed by atoms with Crippen molar-refractivity contribution in [3.63, 3.8) is 0 Å². The first-order chi connectivity index (χ1) is 11.6. The van der Waals surface area contributed by atoms with Crippen LogP contribution in [0.4, 0.5) is 8.78 Å². The van der Waals surface area contributed by atoms with E-state index in [-0.39, 0.29) is 12.1 Å². The van der Waals surface area contributed by atoms with Crippen molar-refractivity contribution in [2.24, 2.45) is 0 Å². The molecule has 2 aromatic heterocycles. The van der Waals surface area contributed by atoms with E-state index in [2.05, 4.69) is 0 Å². The standard InChI is InChI=1S/C18H17F2NO3/c19-15-6-1-7-16(20)18(15)17(22)12-21(10-13-4-2-8-23-13)11-14-5-3-9-24-14/h1-9,17,22H,10-12H2. The third-order valence-electron chi connectivity index (χ3n) is 3.68. The maximum atomic E-state index is 13.9. The zero-order valence-electron chi connectivity index (χ0n) is 12.9. The SMILES string of the molecule is OC(CN(Cc1ccco1)Cc1ccco1)c1c(F)cccc1F. The van der Waals surface area contributed by atoms with E-state index in [1.807, 2.05) is 0 Å². The first-order valence-electron chi connectivity index (χ1n) is 7.52. The van der Waals surface area contributed by atoms with Crippen LogP contribution in [-0.2, 0) is 13.1 Å². The molecule has 0 saturated heterocycles. The van der Waals surface area contributed by atoms with Crippen molar-refractivity contribution in [2.75, 3.05) is 6.54 Å². The quantitative estimate of drug-likeness (QED) is 0.713. The van der Waals surface area contributed by atoms with E-state index >= 15 is 0 Å².